The van der Waals surface area contributed by atoms with Crippen LogP contribution in [-0.4, -0.2) is 18.9 Å². The molecule has 0 atom stereocenters. The highest BCUT2D eigenvalue weighted by molar-refractivity contribution is 9.10. The fourth-order valence-corrected chi connectivity index (χ4v) is 4.07. The van der Waals surface area contributed by atoms with Crippen LogP contribution in [0.25, 0.3) is 6.08 Å². The molecule has 1 saturated heterocycles. The molecule has 33 heavy (non-hydrogen) atoms. The molecule has 1 aliphatic rings. The summed E-state index contributed by atoms with van der Waals surface area (Å²) in [5, 5.41) is 1.69. The number of anilines is 1. The second-order valence-electron chi connectivity index (χ2n) is 7.38. The number of hydrogen-bond acceptors (Lipinski definition) is 4. The molecule has 0 saturated carbocycles. The zero-order valence-electron chi connectivity index (χ0n) is 17.9. The molecule has 4 rings (SSSR count). The molecule has 1 aliphatic heterocycles. The number of carbonyl (C=O) groups excluding carboxylic acids is 2. The van der Waals surface area contributed by atoms with Crippen LogP contribution in [0.3, 0.4) is 0 Å². The summed E-state index contributed by atoms with van der Waals surface area (Å²) in [6.07, 6.45) is 1.52. The summed E-state index contributed by atoms with van der Waals surface area (Å²) in [5.74, 6) is 0.0254. The number of nitrogens with one attached hydrogen (secondary N) is 1. The first-order chi connectivity index (χ1) is 15.9. The van der Waals surface area contributed by atoms with Crippen LogP contribution in [0.2, 0.25) is 5.02 Å². The van der Waals surface area contributed by atoms with Gasteiger partial charge in [0.25, 0.3) is 11.8 Å². The molecule has 0 radical (unpaired) electrons. The number of methoxy groups -OCH3 is 1. The third-order valence-corrected chi connectivity index (χ3v) is 6.09. The van der Waals surface area contributed by atoms with E-state index >= 15 is 0 Å². The molecule has 3 aromatic rings. The number of amides is 2. The lowest BCUT2D eigenvalue weighted by Gasteiger charge is -2.15. The first-order valence-corrected chi connectivity index (χ1v) is 11.2. The molecular formula is C25H20BrClN2O4. The summed E-state index contributed by atoms with van der Waals surface area (Å²) in [7, 11) is 1.53. The minimum atomic E-state index is -0.504. The SMILES string of the molecule is COc1cc(/C=C2/C(=O)NN(c3ccc(C)c(Cl)c3)C2=O)cc(Br)c1OCc1ccccc1. The van der Waals surface area contributed by atoms with Crippen molar-refractivity contribution in [2.24, 2.45) is 0 Å². The standard InChI is InChI=1S/C25H20BrClN2O4/c1-15-8-9-18(13-21(15)27)29-25(31)19(24(30)28-29)10-17-11-20(26)23(22(12-17)32-2)33-14-16-6-4-3-5-7-16/h3-13H,14H2,1-2H3,(H,28,30)/b19-10-. The molecule has 0 aromatic heterocycles. The van der Waals surface area contributed by atoms with Crippen molar-refractivity contribution in [2.75, 3.05) is 12.1 Å². The molecule has 0 unspecified atom stereocenters. The number of aryl methyl sites for hydroxylation is 1. The van der Waals surface area contributed by atoms with E-state index in [1.54, 1.807) is 30.3 Å². The van der Waals surface area contributed by atoms with Gasteiger partial charge in [-0.05, 0) is 69.9 Å². The molecule has 1 N–H and O–H groups in total. The van der Waals surface area contributed by atoms with Gasteiger partial charge in [0.1, 0.15) is 12.2 Å². The average molecular weight is 528 g/mol. The van der Waals surface area contributed by atoms with E-state index in [1.807, 2.05) is 37.3 Å². The number of hydrogen-bond donors (Lipinski definition) is 1. The summed E-state index contributed by atoms with van der Waals surface area (Å²) in [6.45, 7) is 2.23. The molecule has 0 aliphatic carbocycles. The third kappa shape index (κ3) is 4.89. The normalized spacial score (nSPS) is 14.5. The van der Waals surface area contributed by atoms with Crippen molar-refractivity contribution in [3.63, 3.8) is 0 Å². The summed E-state index contributed by atoms with van der Waals surface area (Å²) in [5.41, 5.74) is 5.56. The largest absolute Gasteiger partial charge is 0.493 e. The Kier molecular flexibility index (Phi) is 6.72. The smallest absolute Gasteiger partial charge is 0.282 e. The van der Waals surface area contributed by atoms with Crippen LogP contribution < -0.4 is 19.9 Å². The molecule has 8 heteroatoms. The molecular weight excluding hydrogens is 508 g/mol. The van der Waals surface area contributed by atoms with E-state index in [1.165, 1.54) is 18.2 Å². The van der Waals surface area contributed by atoms with E-state index in [0.29, 0.717) is 38.9 Å². The third-order valence-electron chi connectivity index (χ3n) is 5.09. The van der Waals surface area contributed by atoms with Crippen molar-refractivity contribution < 1.29 is 19.1 Å². The summed E-state index contributed by atoms with van der Waals surface area (Å²) >= 11 is 9.69. The van der Waals surface area contributed by atoms with Gasteiger partial charge in [-0.1, -0.05) is 48.0 Å². The van der Waals surface area contributed by atoms with Gasteiger partial charge in [0.2, 0.25) is 0 Å². The minimum Gasteiger partial charge on any atom is -0.493 e. The van der Waals surface area contributed by atoms with Crippen molar-refractivity contribution in [1.82, 2.24) is 5.43 Å². The Morgan fingerprint density at radius 1 is 1.09 bits per heavy atom. The zero-order valence-corrected chi connectivity index (χ0v) is 20.2. The second kappa shape index (κ2) is 9.68. The monoisotopic (exact) mass is 526 g/mol. The highest BCUT2D eigenvalue weighted by Gasteiger charge is 2.34. The topological polar surface area (TPSA) is 67.9 Å². The Balaban J connectivity index is 1.60. The van der Waals surface area contributed by atoms with Gasteiger partial charge in [-0.15, -0.1) is 0 Å². The fraction of sp³-hybridized carbons (Fsp3) is 0.120. The molecule has 6 nitrogen and oxygen atoms in total. The van der Waals surface area contributed by atoms with Gasteiger partial charge in [-0.25, -0.2) is 5.01 Å². The Morgan fingerprint density at radius 3 is 2.55 bits per heavy atom. The van der Waals surface area contributed by atoms with E-state index in [2.05, 4.69) is 21.4 Å². The quantitative estimate of drug-likeness (QED) is 0.341. The van der Waals surface area contributed by atoms with Crippen molar-refractivity contribution >= 4 is 51.1 Å². The molecule has 3 aromatic carbocycles. The van der Waals surface area contributed by atoms with Crippen LogP contribution in [0.4, 0.5) is 5.69 Å². The molecule has 1 heterocycles. The average Bonchev–Trinajstić information content (AvgIpc) is 3.09. The van der Waals surface area contributed by atoms with Gasteiger partial charge in [0.15, 0.2) is 11.5 Å². The van der Waals surface area contributed by atoms with Crippen LogP contribution in [-0.2, 0) is 16.2 Å². The first-order valence-electron chi connectivity index (χ1n) is 10.0. The summed E-state index contributed by atoms with van der Waals surface area (Å²) < 4.78 is 12.1. The van der Waals surface area contributed by atoms with Crippen LogP contribution in [0, 0.1) is 6.92 Å². The van der Waals surface area contributed by atoms with Gasteiger partial charge in [0.05, 0.1) is 17.3 Å². The van der Waals surface area contributed by atoms with Gasteiger partial charge in [-0.2, -0.15) is 0 Å². The highest BCUT2D eigenvalue weighted by atomic mass is 79.9. The zero-order chi connectivity index (χ0) is 23.5. The maximum atomic E-state index is 12.9. The Bertz CT molecular complexity index is 1260. The number of carbonyl (C=O) groups is 2. The first kappa shape index (κ1) is 22.9. The van der Waals surface area contributed by atoms with E-state index in [0.717, 1.165) is 11.1 Å². The number of halogens is 2. The maximum Gasteiger partial charge on any atom is 0.282 e. The van der Waals surface area contributed by atoms with Crippen molar-refractivity contribution in [3.8, 4) is 11.5 Å². The van der Waals surface area contributed by atoms with E-state index in [-0.39, 0.29) is 5.57 Å². The Morgan fingerprint density at radius 2 is 1.85 bits per heavy atom. The van der Waals surface area contributed by atoms with Gasteiger partial charge in [-0.3, -0.25) is 15.0 Å². The number of rotatable bonds is 6. The van der Waals surface area contributed by atoms with E-state index in [9.17, 15) is 9.59 Å². The molecule has 168 valence electrons. The Hall–Kier alpha value is -3.29. The van der Waals surface area contributed by atoms with Crippen LogP contribution in [0.1, 0.15) is 16.7 Å². The number of ether oxygens (including phenoxy) is 2. The lowest BCUT2D eigenvalue weighted by Crippen LogP contribution is -2.35. The highest BCUT2D eigenvalue weighted by Crippen LogP contribution is 2.38. The predicted molar refractivity (Wildman–Crippen MR) is 131 cm³/mol. The molecule has 2 amide bonds. The number of hydrazine groups is 1. The summed E-state index contributed by atoms with van der Waals surface area (Å²) in [4.78, 5) is 25.5. The van der Waals surface area contributed by atoms with Crippen LogP contribution >= 0.6 is 27.5 Å². The van der Waals surface area contributed by atoms with E-state index < -0.39 is 11.8 Å². The van der Waals surface area contributed by atoms with Gasteiger partial charge >= 0.3 is 0 Å². The van der Waals surface area contributed by atoms with Gasteiger partial charge in [0, 0.05) is 5.02 Å². The predicted octanol–water partition coefficient (Wildman–Crippen LogP) is 5.46. The second-order valence-corrected chi connectivity index (χ2v) is 8.64. The van der Waals surface area contributed by atoms with Crippen LogP contribution in [0.15, 0.2) is 70.7 Å². The molecule has 0 bridgehead atoms. The van der Waals surface area contributed by atoms with E-state index in [4.69, 9.17) is 21.1 Å². The van der Waals surface area contributed by atoms with Crippen molar-refractivity contribution in [3.05, 3.63) is 92.4 Å². The van der Waals surface area contributed by atoms with Gasteiger partial charge < -0.3 is 9.47 Å². The Labute approximate surface area is 204 Å². The molecule has 1 fully saturated rings. The summed E-state index contributed by atoms with van der Waals surface area (Å²) in [6, 6.07) is 18.4. The number of benzene rings is 3. The maximum absolute atomic E-state index is 12.9. The van der Waals surface area contributed by atoms with Crippen LogP contribution in [0.5, 0.6) is 11.5 Å². The minimum absolute atomic E-state index is 0.00129. The van der Waals surface area contributed by atoms with Crippen molar-refractivity contribution in [1.29, 1.82) is 0 Å². The fourth-order valence-electron chi connectivity index (χ4n) is 3.32. The lowest BCUT2D eigenvalue weighted by atomic mass is 10.1. The van der Waals surface area contributed by atoms with Crippen molar-refractivity contribution in [2.45, 2.75) is 13.5 Å². The lowest BCUT2D eigenvalue weighted by molar-refractivity contribution is -0.117. The number of nitrogens with zero attached hydrogens (tertiary/aromatic N) is 1. The molecule has 0 spiro atoms.